The van der Waals surface area contributed by atoms with Gasteiger partial charge in [0.1, 0.15) is 10.4 Å². The van der Waals surface area contributed by atoms with Gasteiger partial charge in [0.05, 0.1) is 5.69 Å². The third-order valence-corrected chi connectivity index (χ3v) is 4.78. The molecular formula is C10H13N3O3S2. The summed E-state index contributed by atoms with van der Waals surface area (Å²) in [5.41, 5.74) is -0.609. The normalized spacial score (nSPS) is 18.3. The molecule has 0 saturated carbocycles. The highest BCUT2D eigenvalue weighted by molar-refractivity contribution is 7.99. The van der Waals surface area contributed by atoms with Gasteiger partial charge in [-0.25, -0.2) is 4.79 Å². The van der Waals surface area contributed by atoms with E-state index in [9.17, 15) is 14.7 Å². The van der Waals surface area contributed by atoms with E-state index in [0.717, 1.165) is 23.0 Å². The average molecular weight is 287 g/mol. The molecule has 0 unspecified atom stereocenters. The summed E-state index contributed by atoms with van der Waals surface area (Å²) >= 11 is 2.69. The molecule has 0 atom stereocenters. The maximum absolute atomic E-state index is 12.1. The van der Waals surface area contributed by atoms with Crippen molar-refractivity contribution < 1.29 is 14.7 Å². The number of thioether (sulfide) groups is 1. The van der Waals surface area contributed by atoms with Gasteiger partial charge >= 0.3 is 5.97 Å². The van der Waals surface area contributed by atoms with Crippen LogP contribution in [0.4, 0.5) is 0 Å². The number of aliphatic carboxylic acids is 1. The highest BCUT2D eigenvalue weighted by Gasteiger charge is 2.41. The van der Waals surface area contributed by atoms with Crippen molar-refractivity contribution in [3.8, 4) is 0 Å². The summed E-state index contributed by atoms with van der Waals surface area (Å²) in [6, 6.07) is 0. The summed E-state index contributed by atoms with van der Waals surface area (Å²) in [6.45, 7) is 1.68. The molecule has 1 aliphatic rings. The Balaban J connectivity index is 2.17. The van der Waals surface area contributed by atoms with E-state index in [-0.39, 0.29) is 0 Å². The Labute approximate surface area is 112 Å². The van der Waals surface area contributed by atoms with Gasteiger partial charge in [-0.15, -0.1) is 5.10 Å². The molecule has 98 valence electrons. The number of hydrogen-bond acceptors (Lipinski definition) is 6. The number of carbonyl (C=O) groups is 2. The lowest BCUT2D eigenvalue weighted by Crippen LogP contribution is -2.56. The van der Waals surface area contributed by atoms with E-state index in [0.29, 0.717) is 23.4 Å². The van der Waals surface area contributed by atoms with Crippen LogP contribution >= 0.6 is 23.3 Å². The van der Waals surface area contributed by atoms with Crippen LogP contribution in [-0.2, 0) is 4.79 Å². The van der Waals surface area contributed by atoms with Crippen LogP contribution in [0.1, 0.15) is 28.2 Å². The molecule has 1 aromatic rings. The van der Waals surface area contributed by atoms with Crippen molar-refractivity contribution >= 4 is 35.2 Å². The smallest absolute Gasteiger partial charge is 0.329 e. The second-order valence-corrected chi connectivity index (χ2v) is 6.12. The van der Waals surface area contributed by atoms with Gasteiger partial charge in [-0.05, 0) is 42.8 Å². The Morgan fingerprint density at radius 1 is 1.39 bits per heavy atom. The number of rotatable bonds is 3. The minimum atomic E-state index is -1.14. The zero-order chi connectivity index (χ0) is 13.2. The molecule has 1 saturated heterocycles. The molecule has 8 heteroatoms. The predicted octanol–water partition coefficient (Wildman–Crippen LogP) is 0.927. The first kappa shape index (κ1) is 13.3. The lowest BCUT2D eigenvalue weighted by atomic mass is 9.92. The highest BCUT2D eigenvalue weighted by Crippen LogP contribution is 2.28. The number of aryl methyl sites for hydroxylation is 1. The fraction of sp³-hybridized carbons (Fsp3) is 0.600. The van der Waals surface area contributed by atoms with Gasteiger partial charge in [-0.3, -0.25) is 4.79 Å². The van der Waals surface area contributed by atoms with Crippen molar-refractivity contribution in [2.45, 2.75) is 25.3 Å². The molecule has 0 spiro atoms. The molecule has 0 aromatic carbocycles. The van der Waals surface area contributed by atoms with Gasteiger partial charge < -0.3 is 10.4 Å². The standard InChI is InChI=1S/C10H13N3O3S2/c1-6-7(18-13-12-6)8(14)11-10(9(15)16)2-4-17-5-3-10/h2-5H2,1H3,(H,11,14)(H,15,16). The molecule has 1 fully saturated rings. The summed E-state index contributed by atoms with van der Waals surface area (Å²) in [5.74, 6) is 0.127. The molecular weight excluding hydrogens is 274 g/mol. The predicted molar refractivity (Wildman–Crippen MR) is 69.0 cm³/mol. The lowest BCUT2D eigenvalue weighted by Gasteiger charge is -2.33. The molecule has 2 N–H and O–H groups in total. The number of nitrogens with one attached hydrogen (secondary N) is 1. The molecule has 2 heterocycles. The Morgan fingerprint density at radius 2 is 2.06 bits per heavy atom. The van der Waals surface area contributed by atoms with Crippen molar-refractivity contribution in [2.24, 2.45) is 0 Å². The summed E-state index contributed by atoms with van der Waals surface area (Å²) in [5, 5.41) is 15.8. The summed E-state index contributed by atoms with van der Waals surface area (Å²) in [7, 11) is 0. The maximum Gasteiger partial charge on any atom is 0.329 e. The number of carboxylic acid groups (broad SMARTS) is 1. The molecule has 6 nitrogen and oxygen atoms in total. The zero-order valence-corrected chi connectivity index (χ0v) is 11.4. The van der Waals surface area contributed by atoms with E-state index in [2.05, 4.69) is 14.9 Å². The van der Waals surface area contributed by atoms with Crippen molar-refractivity contribution in [1.29, 1.82) is 0 Å². The van der Waals surface area contributed by atoms with E-state index < -0.39 is 17.4 Å². The van der Waals surface area contributed by atoms with E-state index in [1.54, 1.807) is 18.7 Å². The quantitative estimate of drug-likeness (QED) is 0.859. The average Bonchev–Trinajstić information content (AvgIpc) is 2.76. The van der Waals surface area contributed by atoms with Crippen LogP contribution in [0.15, 0.2) is 0 Å². The minimum Gasteiger partial charge on any atom is -0.480 e. The van der Waals surface area contributed by atoms with Gasteiger partial charge in [0.2, 0.25) is 0 Å². The van der Waals surface area contributed by atoms with E-state index in [1.807, 2.05) is 0 Å². The van der Waals surface area contributed by atoms with Crippen LogP contribution in [0.25, 0.3) is 0 Å². The topological polar surface area (TPSA) is 92.2 Å². The third-order valence-electron chi connectivity index (χ3n) is 2.97. The van der Waals surface area contributed by atoms with Crippen LogP contribution in [0, 0.1) is 6.92 Å². The Bertz CT molecular complexity index is 469. The van der Waals surface area contributed by atoms with Crippen LogP contribution in [-0.4, -0.2) is 43.6 Å². The molecule has 2 rings (SSSR count). The number of nitrogens with zero attached hydrogens (tertiary/aromatic N) is 2. The first-order valence-corrected chi connectivity index (χ1v) is 7.40. The molecule has 1 aromatic heterocycles. The maximum atomic E-state index is 12.1. The van der Waals surface area contributed by atoms with Gasteiger partial charge in [-0.2, -0.15) is 11.8 Å². The molecule has 1 amide bonds. The van der Waals surface area contributed by atoms with Gasteiger partial charge in [0.25, 0.3) is 5.91 Å². The van der Waals surface area contributed by atoms with E-state index in [4.69, 9.17) is 0 Å². The summed E-state index contributed by atoms with van der Waals surface area (Å²) < 4.78 is 3.68. The molecule has 1 aliphatic heterocycles. The number of carbonyl (C=O) groups excluding carboxylic acids is 1. The fourth-order valence-electron chi connectivity index (χ4n) is 1.83. The Morgan fingerprint density at radius 3 is 2.56 bits per heavy atom. The summed E-state index contributed by atoms with van der Waals surface area (Å²) in [6.07, 6.45) is 0.897. The monoisotopic (exact) mass is 287 g/mol. The van der Waals surface area contributed by atoms with E-state index >= 15 is 0 Å². The number of hydrogen-bond donors (Lipinski definition) is 2. The molecule has 0 bridgehead atoms. The van der Waals surface area contributed by atoms with Crippen LogP contribution in [0.5, 0.6) is 0 Å². The molecule has 18 heavy (non-hydrogen) atoms. The number of carboxylic acids is 1. The molecule has 0 radical (unpaired) electrons. The van der Waals surface area contributed by atoms with Crippen molar-refractivity contribution in [3.63, 3.8) is 0 Å². The van der Waals surface area contributed by atoms with Crippen molar-refractivity contribution in [2.75, 3.05) is 11.5 Å². The second kappa shape index (κ2) is 5.23. The third kappa shape index (κ3) is 2.49. The second-order valence-electron chi connectivity index (χ2n) is 4.14. The van der Waals surface area contributed by atoms with Gasteiger partial charge in [-0.1, -0.05) is 4.49 Å². The fourth-order valence-corrected chi connectivity index (χ4v) is 3.57. The minimum absolute atomic E-state index is 0.383. The summed E-state index contributed by atoms with van der Waals surface area (Å²) in [4.78, 5) is 23.9. The van der Waals surface area contributed by atoms with Crippen LogP contribution in [0.2, 0.25) is 0 Å². The Hall–Kier alpha value is -1.15. The zero-order valence-electron chi connectivity index (χ0n) is 9.80. The number of amides is 1. The Kier molecular flexibility index (Phi) is 3.86. The molecule has 0 aliphatic carbocycles. The van der Waals surface area contributed by atoms with Crippen molar-refractivity contribution in [1.82, 2.24) is 14.9 Å². The largest absolute Gasteiger partial charge is 0.480 e. The SMILES string of the molecule is Cc1nnsc1C(=O)NC1(C(=O)O)CCSCC1. The van der Waals surface area contributed by atoms with Gasteiger partial charge in [0.15, 0.2) is 0 Å². The van der Waals surface area contributed by atoms with Crippen LogP contribution in [0.3, 0.4) is 0 Å². The van der Waals surface area contributed by atoms with Crippen LogP contribution < -0.4 is 5.32 Å². The first-order valence-electron chi connectivity index (χ1n) is 5.48. The first-order chi connectivity index (χ1) is 8.55. The van der Waals surface area contributed by atoms with Crippen molar-refractivity contribution in [3.05, 3.63) is 10.6 Å². The van der Waals surface area contributed by atoms with E-state index in [1.165, 1.54) is 0 Å². The number of aromatic nitrogens is 2. The lowest BCUT2D eigenvalue weighted by molar-refractivity contribution is -0.144. The highest BCUT2D eigenvalue weighted by atomic mass is 32.2. The van der Waals surface area contributed by atoms with Gasteiger partial charge in [0, 0.05) is 0 Å².